The van der Waals surface area contributed by atoms with Gasteiger partial charge in [-0.05, 0) is 30.3 Å². The van der Waals surface area contributed by atoms with Gasteiger partial charge in [-0.1, -0.05) is 29.8 Å². The first-order valence-corrected chi connectivity index (χ1v) is 7.09. The number of ether oxygens (including phenoxy) is 1. The van der Waals surface area contributed by atoms with E-state index in [1.54, 1.807) is 12.3 Å². The highest BCUT2D eigenvalue weighted by Gasteiger charge is 2.06. The Bertz CT molecular complexity index is 768. The van der Waals surface area contributed by atoms with Crippen LogP contribution in [-0.2, 0) is 13.2 Å². The van der Waals surface area contributed by atoms with E-state index in [0.717, 1.165) is 27.8 Å². The molecule has 4 heteroatoms. The average molecular weight is 299 g/mol. The van der Waals surface area contributed by atoms with Gasteiger partial charge in [0.25, 0.3) is 0 Å². The largest absolute Gasteiger partial charge is 0.489 e. The van der Waals surface area contributed by atoms with Crippen LogP contribution in [0.2, 0.25) is 5.02 Å². The third-order valence-corrected chi connectivity index (χ3v) is 3.60. The first-order chi connectivity index (χ1) is 10.3. The fourth-order valence-corrected chi connectivity index (χ4v) is 2.48. The number of hydrogen-bond donors (Lipinski definition) is 1. The second-order valence-corrected chi connectivity index (χ2v) is 5.17. The minimum Gasteiger partial charge on any atom is -0.489 e. The number of benzene rings is 2. The number of aromatic nitrogens is 1. The smallest absolute Gasteiger partial charge is 0.124 e. The minimum absolute atomic E-state index is 0.396. The topological polar surface area (TPSA) is 48.1 Å². The second-order valence-electron chi connectivity index (χ2n) is 4.73. The molecule has 1 heterocycles. The van der Waals surface area contributed by atoms with Crippen LogP contribution in [0.25, 0.3) is 10.9 Å². The normalized spacial score (nSPS) is 10.8. The monoisotopic (exact) mass is 298 g/mol. The van der Waals surface area contributed by atoms with Gasteiger partial charge in [0.1, 0.15) is 12.4 Å². The fourth-order valence-electron chi connectivity index (χ4n) is 2.28. The number of nitrogens with two attached hydrogens (primary N) is 1. The summed E-state index contributed by atoms with van der Waals surface area (Å²) in [7, 11) is 0. The lowest BCUT2D eigenvalue weighted by atomic mass is 10.1. The van der Waals surface area contributed by atoms with E-state index < -0.39 is 0 Å². The van der Waals surface area contributed by atoms with Gasteiger partial charge in [0.15, 0.2) is 0 Å². The molecule has 0 aliphatic rings. The molecule has 3 rings (SSSR count). The van der Waals surface area contributed by atoms with Crippen molar-refractivity contribution < 1.29 is 4.74 Å². The molecule has 0 bridgehead atoms. The summed E-state index contributed by atoms with van der Waals surface area (Å²) in [5.41, 5.74) is 8.70. The van der Waals surface area contributed by atoms with Gasteiger partial charge in [0.05, 0.1) is 5.52 Å². The van der Waals surface area contributed by atoms with Crippen molar-refractivity contribution in [3.05, 3.63) is 70.9 Å². The van der Waals surface area contributed by atoms with Crippen LogP contribution in [0, 0.1) is 0 Å². The van der Waals surface area contributed by atoms with Crippen LogP contribution in [0.15, 0.2) is 54.7 Å². The first-order valence-electron chi connectivity index (χ1n) is 6.72. The molecule has 3 nitrogen and oxygen atoms in total. The number of nitrogens with zero attached hydrogens (tertiary/aromatic N) is 1. The van der Waals surface area contributed by atoms with Gasteiger partial charge >= 0.3 is 0 Å². The molecule has 2 N–H and O–H groups in total. The maximum Gasteiger partial charge on any atom is 0.124 e. The number of pyridine rings is 1. The summed E-state index contributed by atoms with van der Waals surface area (Å²) in [6, 6.07) is 15.5. The molecule has 3 aromatic rings. The Morgan fingerprint density at radius 2 is 1.90 bits per heavy atom. The lowest BCUT2D eigenvalue weighted by Crippen LogP contribution is -2.03. The van der Waals surface area contributed by atoms with Crippen molar-refractivity contribution in [1.82, 2.24) is 4.98 Å². The van der Waals surface area contributed by atoms with Gasteiger partial charge < -0.3 is 10.5 Å². The Morgan fingerprint density at radius 1 is 1.05 bits per heavy atom. The number of rotatable bonds is 4. The molecule has 2 aromatic carbocycles. The zero-order valence-electron chi connectivity index (χ0n) is 11.4. The Balaban J connectivity index is 1.87. The van der Waals surface area contributed by atoms with E-state index in [1.807, 2.05) is 42.5 Å². The molecule has 0 radical (unpaired) electrons. The highest BCUT2D eigenvalue weighted by atomic mass is 35.5. The van der Waals surface area contributed by atoms with Crippen LogP contribution in [0.4, 0.5) is 0 Å². The van der Waals surface area contributed by atoms with E-state index in [0.29, 0.717) is 18.2 Å². The summed E-state index contributed by atoms with van der Waals surface area (Å²) >= 11 is 5.97. The predicted octanol–water partition coefficient (Wildman–Crippen LogP) is 3.93. The molecule has 0 saturated carbocycles. The molecule has 0 aliphatic heterocycles. The van der Waals surface area contributed by atoms with Crippen LogP contribution in [-0.4, -0.2) is 4.98 Å². The third-order valence-electron chi connectivity index (χ3n) is 3.36. The SMILES string of the molecule is NCc1cc(Cl)ccc1OCc1ccnc2ccccc12. The van der Waals surface area contributed by atoms with Crippen LogP contribution in [0.5, 0.6) is 5.75 Å². The molecule has 0 amide bonds. The number of fused-ring (bicyclic) bond motifs is 1. The molecule has 1 aromatic heterocycles. The summed E-state index contributed by atoms with van der Waals surface area (Å²) in [6.07, 6.45) is 1.80. The highest BCUT2D eigenvalue weighted by Crippen LogP contribution is 2.24. The molecule has 0 atom stereocenters. The van der Waals surface area contributed by atoms with E-state index in [9.17, 15) is 0 Å². The first kappa shape index (κ1) is 13.9. The van der Waals surface area contributed by atoms with Gasteiger partial charge in [-0.2, -0.15) is 0 Å². The van der Waals surface area contributed by atoms with Crippen molar-refractivity contribution in [2.75, 3.05) is 0 Å². The molecule has 0 aliphatic carbocycles. The van der Waals surface area contributed by atoms with Gasteiger partial charge in [-0.3, -0.25) is 4.98 Å². The summed E-state index contributed by atoms with van der Waals surface area (Å²) in [4.78, 5) is 4.35. The van der Waals surface area contributed by atoms with Gasteiger partial charge in [-0.25, -0.2) is 0 Å². The van der Waals surface area contributed by atoms with E-state index >= 15 is 0 Å². The zero-order chi connectivity index (χ0) is 14.7. The van der Waals surface area contributed by atoms with E-state index in [4.69, 9.17) is 22.1 Å². The molecule has 0 saturated heterocycles. The number of halogens is 1. The predicted molar refractivity (Wildman–Crippen MR) is 85.4 cm³/mol. The second kappa shape index (κ2) is 6.12. The summed E-state index contributed by atoms with van der Waals surface area (Å²) in [6.45, 7) is 0.866. The summed E-state index contributed by atoms with van der Waals surface area (Å²) in [5.74, 6) is 0.766. The number of para-hydroxylation sites is 1. The van der Waals surface area contributed by atoms with Crippen LogP contribution >= 0.6 is 11.6 Å². The number of hydrogen-bond acceptors (Lipinski definition) is 3. The van der Waals surface area contributed by atoms with Crippen molar-refractivity contribution in [2.24, 2.45) is 5.73 Å². The van der Waals surface area contributed by atoms with E-state index in [1.165, 1.54) is 0 Å². The van der Waals surface area contributed by atoms with Gasteiger partial charge in [0.2, 0.25) is 0 Å². The average Bonchev–Trinajstić information content (AvgIpc) is 2.53. The van der Waals surface area contributed by atoms with Crippen molar-refractivity contribution in [2.45, 2.75) is 13.2 Å². The molecule has 21 heavy (non-hydrogen) atoms. The lowest BCUT2D eigenvalue weighted by molar-refractivity contribution is 0.304. The standard InChI is InChI=1S/C17H15ClN2O/c18-14-5-6-17(13(9-14)10-19)21-11-12-7-8-20-16-4-2-1-3-15(12)16/h1-9H,10-11,19H2. The Hall–Kier alpha value is -2.10. The molecular weight excluding hydrogens is 284 g/mol. The fraction of sp³-hybridized carbons (Fsp3) is 0.118. The summed E-state index contributed by atoms with van der Waals surface area (Å²) < 4.78 is 5.91. The van der Waals surface area contributed by atoms with Gasteiger partial charge in [-0.15, -0.1) is 0 Å². The highest BCUT2D eigenvalue weighted by molar-refractivity contribution is 6.30. The van der Waals surface area contributed by atoms with E-state index in [2.05, 4.69) is 4.98 Å². The quantitative estimate of drug-likeness (QED) is 0.794. The summed E-state index contributed by atoms with van der Waals surface area (Å²) in [5, 5.41) is 1.76. The van der Waals surface area contributed by atoms with Crippen LogP contribution in [0.1, 0.15) is 11.1 Å². The lowest BCUT2D eigenvalue weighted by Gasteiger charge is -2.12. The van der Waals surface area contributed by atoms with Crippen molar-refractivity contribution in [1.29, 1.82) is 0 Å². The minimum atomic E-state index is 0.396. The van der Waals surface area contributed by atoms with Crippen molar-refractivity contribution >= 4 is 22.5 Å². The zero-order valence-corrected chi connectivity index (χ0v) is 12.2. The Kier molecular flexibility index (Phi) is 4.04. The molecule has 0 fully saturated rings. The van der Waals surface area contributed by atoms with Crippen LogP contribution < -0.4 is 10.5 Å². The van der Waals surface area contributed by atoms with Gasteiger partial charge in [0, 0.05) is 34.3 Å². The van der Waals surface area contributed by atoms with Crippen LogP contribution in [0.3, 0.4) is 0 Å². The molecule has 0 spiro atoms. The molecule has 0 unspecified atom stereocenters. The maximum absolute atomic E-state index is 5.97. The van der Waals surface area contributed by atoms with Crippen molar-refractivity contribution in [3.63, 3.8) is 0 Å². The van der Waals surface area contributed by atoms with Crippen molar-refractivity contribution in [3.8, 4) is 5.75 Å². The van der Waals surface area contributed by atoms with E-state index in [-0.39, 0.29) is 0 Å². The Labute approximate surface area is 128 Å². The Morgan fingerprint density at radius 3 is 2.76 bits per heavy atom. The maximum atomic E-state index is 5.97. The molecule has 106 valence electrons. The molecular formula is C17H15ClN2O. The third kappa shape index (κ3) is 2.99.